The highest BCUT2D eigenvalue weighted by molar-refractivity contribution is 7.10. The van der Waals surface area contributed by atoms with Crippen molar-refractivity contribution in [3.8, 4) is 0 Å². The third-order valence-corrected chi connectivity index (χ3v) is 3.75. The number of hydrogen-bond donors (Lipinski definition) is 1. The van der Waals surface area contributed by atoms with E-state index in [0.717, 1.165) is 18.9 Å². The lowest BCUT2D eigenvalue weighted by Gasteiger charge is -2.12. The Morgan fingerprint density at radius 3 is 3.06 bits per heavy atom. The smallest absolute Gasteiger partial charge is 0.105 e. The molecule has 0 saturated heterocycles. The number of aromatic nitrogens is 2. The molecule has 16 heavy (non-hydrogen) atoms. The Morgan fingerprint density at radius 2 is 2.44 bits per heavy atom. The molecule has 2 aromatic rings. The van der Waals surface area contributed by atoms with E-state index >= 15 is 0 Å². The van der Waals surface area contributed by atoms with E-state index in [9.17, 15) is 0 Å². The number of thiophene rings is 1. The van der Waals surface area contributed by atoms with Crippen molar-refractivity contribution in [1.82, 2.24) is 14.9 Å². The Bertz CT molecular complexity index is 419. The van der Waals surface area contributed by atoms with Gasteiger partial charge in [0, 0.05) is 36.4 Å². The molecular weight excluding hydrogens is 218 g/mol. The maximum atomic E-state index is 4.20. The molecular formula is C12H17N3S. The molecule has 0 unspecified atom stereocenters. The van der Waals surface area contributed by atoms with E-state index in [1.807, 2.05) is 19.3 Å². The van der Waals surface area contributed by atoms with Gasteiger partial charge in [-0.25, -0.2) is 4.98 Å². The summed E-state index contributed by atoms with van der Waals surface area (Å²) in [4.78, 5) is 5.59. The minimum Gasteiger partial charge on any atom is -0.334 e. The molecule has 3 nitrogen and oxygen atoms in total. The molecule has 0 aliphatic carbocycles. The first kappa shape index (κ1) is 11.4. The molecule has 0 aromatic carbocycles. The van der Waals surface area contributed by atoms with Crippen molar-refractivity contribution in [3.05, 3.63) is 40.6 Å². The van der Waals surface area contributed by atoms with Gasteiger partial charge in [-0.1, -0.05) is 6.07 Å². The van der Waals surface area contributed by atoms with Crippen molar-refractivity contribution >= 4 is 11.3 Å². The fourth-order valence-corrected chi connectivity index (χ4v) is 2.44. The number of rotatable bonds is 5. The Morgan fingerprint density at radius 1 is 1.56 bits per heavy atom. The molecule has 1 N–H and O–H groups in total. The number of aryl methyl sites for hydroxylation is 1. The van der Waals surface area contributed by atoms with Gasteiger partial charge in [-0.15, -0.1) is 11.3 Å². The molecule has 0 spiro atoms. The van der Waals surface area contributed by atoms with Gasteiger partial charge in [0.05, 0.1) is 0 Å². The minimum absolute atomic E-state index is 0.434. The quantitative estimate of drug-likeness (QED) is 0.863. The van der Waals surface area contributed by atoms with Crippen molar-refractivity contribution in [2.45, 2.75) is 26.4 Å². The third kappa shape index (κ3) is 2.71. The molecule has 2 heterocycles. The first-order chi connectivity index (χ1) is 7.77. The van der Waals surface area contributed by atoms with Gasteiger partial charge in [0.1, 0.15) is 5.82 Å². The molecule has 0 saturated carbocycles. The van der Waals surface area contributed by atoms with Crippen LogP contribution in [0.5, 0.6) is 0 Å². The molecule has 0 bridgehead atoms. The highest BCUT2D eigenvalue weighted by Crippen LogP contribution is 2.17. The van der Waals surface area contributed by atoms with Crippen molar-refractivity contribution in [2.24, 2.45) is 0 Å². The van der Waals surface area contributed by atoms with Crippen molar-refractivity contribution in [1.29, 1.82) is 0 Å². The van der Waals surface area contributed by atoms with Gasteiger partial charge >= 0.3 is 0 Å². The van der Waals surface area contributed by atoms with E-state index in [0.29, 0.717) is 6.04 Å². The molecule has 0 fully saturated rings. The van der Waals surface area contributed by atoms with Crippen LogP contribution in [0, 0.1) is 6.92 Å². The Kier molecular flexibility index (Phi) is 3.74. The van der Waals surface area contributed by atoms with Gasteiger partial charge in [0.25, 0.3) is 0 Å². The average molecular weight is 235 g/mol. The standard InChI is InChI=1S/C12H17N3S/c1-10(12-4-3-9-16-12)13-5-7-15-8-6-14-11(15)2/h3-4,6,8-10,13H,5,7H2,1-2H3/t10-/m0/s1. The summed E-state index contributed by atoms with van der Waals surface area (Å²) in [5.41, 5.74) is 0. The summed E-state index contributed by atoms with van der Waals surface area (Å²) in [5, 5.41) is 5.63. The summed E-state index contributed by atoms with van der Waals surface area (Å²) in [5.74, 6) is 1.07. The van der Waals surface area contributed by atoms with Crippen molar-refractivity contribution < 1.29 is 0 Å². The van der Waals surface area contributed by atoms with Crippen molar-refractivity contribution in [3.63, 3.8) is 0 Å². The summed E-state index contributed by atoms with van der Waals surface area (Å²) >= 11 is 1.80. The van der Waals surface area contributed by atoms with E-state index in [1.54, 1.807) is 11.3 Å². The van der Waals surface area contributed by atoms with Crippen LogP contribution in [0.4, 0.5) is 0 Å². The Hall–Kier alpha value is -1.13. The summed E-state index contributed by atoms with van der Waals surface area (Å²) in [7, 11) is 0. The molecule has 0 aliphatic heterocycles. The average Bonchev–Trinajstić information content (AvgIpc) is 2.90. The molecule has 0 radical (unpaired) electrons. The van der Waals surface area contributed by atoms with Crippen molar-refractivity contribution in [2.75, 3.05) is 6.54 Å². The second-order valence-electron chi connectivity index (χ2n) is 3.86. The molecule has 0 amide bonds. The third-order valence-electron chi connectivity index (χ3n) is 2.70. The normalized spacial score (nSPS) is 12.9. The number of hydrogen-bond acceptors (Lipinski definition) is 3. The lowest BCUT2D eigenvalue weighted by molar-refractivity contribution is 0.531. The highest BCUT2D eigenvalue weighted by atomic mass is 32.1. The lowest BCUT2D eigenvalue weighted by Crippen LogP contribution is -2.22. The zero-order valence-corrected chi connectivity index (χ0v) is 10.5. The number of imidazole rings is 1. The second kappa shape index (κ2) is 5.27. The predicted octanol–water partition coefficient (Wildman–Crippen LogP) is 2.60. The van der Waals surface area contributed by atoms with E-state index in [4.69, 9.17) is 0 Å². The lowest BCUT2D eigenvalue weighted by atomic mass is 10.3. The van der Waals surface area contributed by atoms with Crippen LogP contribution >= 0.6 is 11.3 Å². The van der Waals surface area contributed by atoms with E-state index < -0.39 is 0 Å². The summed E-state index contributed by atoms with van der Waals surface area (Å²) in [6.07, 6.45) is 3.87. The maximum Gasteiger partial charge on any atom is 0.105 e. The van der Waals surface area contributed by atoms with E-state index in [2.05, 4.69) is 39.3 Å². The van der Waals surface area contributed by atoms with Crippen LogP contribution < -0.4 is 5.32 Å². The first-order valence-corrected chi connectivity index (χ1v) is 6.40. The largest absolute Gasteiger partial charge is 0.334 e. The van der Waals surface area contributed by atoms with Crippen LogP contribution in [-0.2, 0) is 6.54 Å². The molecule has 2 rings (SSSR count). The molecule has 0 aliphatic rings. The van der Waals surface area contributed by atoms with E-state index in [-0.39, 0.29) is 0 Å². The fraction of sp³-hybridized carbons (Fsp3) is 0.417. The van der Waals surface area contributed by atoms with Gasteiger partial charge in [0.15, 0.2) is 0 Å². The van der Waals surface area contributed by atoms with Crippen LogP contribution in [-0.4, -0.2) is 16.1 Å². The summed E-state index contributed by atoms with van der Waals surface area (Å²) in [6.45, 7) is 6.17. The maximum absolute atomic E-state index is 4.20. The van der Waals surface area contributed by atoms with Crippen LogP contribution in [0.1, 0.15) is 23.7 Å². The van der Waals surface area contributed by atoms with Gasteiger partial charge in [-0.2, -0.15) is 0 Å². The van der Waals surface area contributed by atoms with Crippen LogP contribution in [0.2, 0.25) is 0 Å². The number of nitrogens with one attached hydrogen (secondary N) is 1. The van der Waals surface area contributed by atoms with Crippen LogP contribution in [0.15, 0.2) is 29.9 Å². The molecule has 86 valence electrons. The fourth-order valence-electron chi connectivity index (χ4n) is 1.68. The van der Waals surface area contributed by atoms with Gasteiger partial charge in [-0.05, 0) is 25.3 Å². The molecule has 4 heteroatoms. The van der Waals surface area contributed by atoms with Gasteiger partial charge < -0.3 is 9.88 Å². The van der Waals surface area contributed by atoms with Crippen LogP contribution in [0.3, 0.4) is 0 Å². The minimum atomic E-state index is 0.434. The zero-order chi connectivity index (χ0) is 11.4. The predicted molar refractivity (Wildman–Crippen MR) is 67.7 cm³/mol. The Balaban J connectivity index is 1.78. The topological polar surface area (TPSA) is 29.9 Å². The molecule has 2 aromatic heterocycles. The van der Waals surface area contributed by atoms with E-state index in [1.165, 1.54) is 4.88 Å². The summed E-state index contributed by atoms with van der Waals surface area (Å²) < 4.78 is 2.16. The highest BCUT2D eigenvalue weighted by Gasteiger charge is 2.04. The number of nitrogens with zero attached hydrogens (tertiary/aromatic N) is 2. The first-order valence-electron chi connectivity index (χ1n) is 5.52. The SMILES string of the molecule is Cc1nccn1CCN[C@@H](C)c1cccs1. The Labute approximate surface area is 100 Å². The van der Waals surface area contributed by atoms with Gasteiger partial charge in [0.2, 0.25) is 0 Å². The zero-order valence-electron chi connectivity index (χ0n) is 9.68. The monoisotopic (exact) mass is 235 g/mol. The van der Waals surface area contributed by atoms with Gasteiger partial charge in [-0.3, -0.25) is 0 Å². The second-order valence-corrected chi connectivity index (χ2v) is 4.84. The summed E-state index contributed by atoms with van der Waals surface area (Å²) in [6, 6.07) is 4.70. The van der Waals surface area contributed by atoms with Crippen LogP contribution in [0.25, 0.3) is 0 Å². The molecule has 1 atom stereocenters.